The summed E-state index contributed by atoms with van der Waals surface area (Å²) in [4.78, 5) is 4.20. The minimum atomic E-state index is 1.22. The highest BCUT2D eigenvalue weighted by molar-refractivity contribution is 5.72. The molecular formula is C12H17N2. The van der Waals surface area contributed by atoms with Gasteiger partial charge in [0.1, 0.15) is 0 Å². The summed E-state index contributed by atoms with van der Waals surface area (Å²) < 4.78 is 0. The van der Waals surface area contributed by atoms with E-state index in [-0.39, 0.29) is 0 Å². The van der Waals surface area contributed by atoms with Crippen LogP contribution in [0.1, 0.15) is 38.5 Å². The van der Waals surface area contributed by atoms with Gasteiger partial charge >= 0.3 is 0 Å². The van der Waals surface area contributed by atoms with Gasteiger partial charge in [-0.3, -0.25) is 4.99 Å². The fourth-order valence-electron chi connectivity index (χ4n) is 2.00. The predicted octanol–water partition coefficient (Wildman–Crippen LogP) is 2.94. The average molecular weight is 189 g/mol. The van der Waals surface area contributed by atoms with Crippen molar-refractivity contribution in [1.82, 2.24) is 5.32 Å². The summed E-state index contributed by atoms with van der Waals surface area (Å²) >= 11 is 0. The van der Waals surface area contributed by atoms with Crippen LogP contribution in [-0.2, 0) is 0 Å². The van der Waals surface area contributed by atoms with Crippen LogP contribution in [0.5, 0.6) is 0 Å². The van der Waals surface area contributed by atoms with Gasteiger partial charge in [0.25, 0.3) is 0 Å². The standard InChI is InChI=1S/C12H17N2/c1-2-4-7-11(6-3-1)12-10-13-8-5-9-14-12/h5,8-10,14H,1-4,6-7H2. The van der Waals surface area contributed by atoms with Crippen LogP contribution in [-0.4, -0.2) is 6.21 Å². The fourth-order valence-corrected chi connectivity index (χ4v) is 2.00. The van der Waals surface area contributed by atoms with Crippen LogP contribution in [0.15, 0.2) is 29.2 Å². The molecule has 0 amide bonds. The first-order valence-corrected chi connectivity index (χ1v) is 5.47. The SMILES string of the molecule is C1=CNC([C]2CCCCCC2)=CN=C1. The normalized spacial score (nSPS) is 23.6. The van der Waals surface area contributed by atoms with Gasteiger partial charge in [-0.2, -0.15) is 0 Å². The van der Waals surface area contributed by atoms with Crippen LogP contribution in [0.3, 0.4) is 0 Å². The average Bonchev–Trinajstić information content (AvgIpc) is 2.62. The highest BCUT2D eigenvalue weighted by Crippen LogP contribution is 2.29. The van der Waals surface area contributed by atoms with Crippen LogP contribution < -0.4 is 5.32 Å². The minimum absolute atomic E-state index is 1.22. The van der Waals surface area contributed by atoms with Crippen molar-refractivity contribution in [3.05, 3.63) is 30.1 Å². The number of allylic oxidation sites excluding steroid dienone is 2. The summed E-state index contributed by atoms with van der Waals surface area (Å²) in [5.41, 5.74) is 1.22. The van der Waals surface area contributed by atoms with Gasteiger partial charge in [-0.25, -0.2) is 0 Å². The molecule has 0 aromatic carbocycles. The van der Waals surface area contributed by atoms with Crippen molar-refractivity contribution in [2.75, 3.05) is 0 Å². The van der Waals surface area contributed by atoms with Crippen LogP contribution in [0, 0.1) is 5.92 Å². The zero-order valence-electron chi connectivity index (χ0n) is 8.50. The Bertz CT molecular complexity index is 255. The summed E-state index contributed by atoms with van der Waals surface area (Å²) in [7, 11) is 0. The number of hydrogen-bond donors (Lipinski definition) is 1. The van der Waals surface area contributed by atoms with Crippen molar-refractivity contribution in [2.24, 2.45) is 4.99 Å². The van der Waals surface area contributed by atoms with Crippen LogP contribution >= 0.6 is 0 Å². The molecule has 14 heavy (non-hydrogen) atoms. The fraction of sp³-hybridized carbons (Fsp3) is 0.500. The first-order chi connectivity index (χ1) is 6.97. The molecule has 1 heterocycles. The topological polar surface area (TPSA) is 24.4 Å². The molecule has 0 saturated heterocycles. The van der Waals surface area contributed by atoms with E-state index in [2.05, 4.69) is 10.3 Å². The summed E-state index contributed by atoms with van der Waals surface area (Å²) in [6, 6.07) is 0. The Morgan fingerprint density at radius 2 is 1.86 bits per heavy atom. The number of nitrogens with zero attached hydrogens (tertiary/aromatic N) is 1. The van der Waals surface area contributed by atoms with Crippen molar-refractivity contribution in [3.8, 4) is 0 Å². The molecule has 0 aromatic heterocycles. The largest absolute Gasteiger partial charge is 0.363 e. The van der Waals surface area contributed by atoms with Gasteiger partial charge in [0.15, 0.2) is 0 Å². The second-order valence-electron chi connectivity index (χ2n) is 3.86. The van der Waals surface area contributed by atoms with E-state index in [4.69, 9.17) is 0 Å². The molecule has 0 atom stereocenters. The monoisotopic (exact) mass is 189 g/mol. The molecule has 1 radical (unpaired) electrons. The Balaban J connectivity index is 2.01. The molecule has 2 rings (SSSR count). The Morgan fingerprint density at radius 3 is 2.64 bits per heavy atom. The molecule has 75 valence electrons. The highest BCUT2D eigenvalue weighted by atomic mass is 14.9. The van der Waals surface area contributed by atoms with E-state index in [1.807, 2.05) is 24.7 Å². The summed E-state index contributed by atoms with van der Waals surface area (Å²) in [6.45, 7) is 0. The van der Waals surface area contributed by atoms with Gasteiger partial charge in [0.05, 0.1) is 0 Å². The van der Waals surface area contributed by atoms with E-state index in [0.29, 0.717) is 0 Å². The molecule has 1 fully saturated rings. The molecule has 0 spiro atoms. The van der Waals surface area contributed by atoms with E-state index in [1.165, 1.54) is 44.2 Å². The third-order valence-electron chi connectivity index (χ3n) is 2.80. The smallest absolute Gasteiger partial charge is 0.0466 e. The van der Waals surface area contributed by atoms with Crippen molar-refractivity contribution < 1.29 is 0 Å². The molecule has 0 unspecified atom stereocenters. The Hall–Kier alpha value is -1.05. The lowest BCUT2D eigenvalue weighted by Crippen LogP contribution is -2.12. The summed E-state index contributed by atoms with van der Waals surface area (Å²) in [5.74, 6) is 1.55. The lowest BCUT2D eigenvalue weighted by atomic mass is 9.97. The Labute approximate surface area is 85.8 Å². The van der Waals surface area contributed by atoms with Gasteiger partial charge in [-0.1, -0.05) is 25.7 Å². The molecule has 0 bridgehead atoms. The highest BCUT2D eigenvalue weighted by Gasteiger charge is 2.16. The number of aliphatic imine (C=N–C) groups is 1. The van der Waals surface area contributed by atoms with Crippen LogP contribution in [0.4, 0.5) is 0 Å². The first-order valence-electron chi connectivity index (χ1n) is 5.47. The van der Waals surface area contributed by atoms with E-state index >= 15 is 0 Å². The van der Waals surface area contributed by atoms with Gasteiger partial charge in [-0.15, -0.1) is 0 Å². The molecule has 1 aliphatic carbocycles. The molecule has 2 nitrogen and oxygen atoms in total. The molecule has 1 aliphatic heterocycles. The minimum Gasteiger partial charge on any atom is -0.363 e. The molecule has 2 heteroatoms. The second kappa shape index (κ2) is 4.99. The Kier molecular flexibility index (Phi) is 3.39. The zero-order valence-corrected chi connectivity index (χ0v) is 8.50. The number of rotatable bonds is 1. The van der Waals surface area contributed by atoms with Crippen molar-refractivity contribution in [3.63, 3.8) is 0 Å². The van der Waals surface area contributed by atoms with E-state index in [9.17, 15) is 0 Å². The van der Waals surface area contributed by atoms with Gasteiger partial charge in [0.2, 0.25) is 0 Å². The second-order valence-corrected chi connectivity index (χ2v) is 3.86. The lowest BCUT2D eigenvalue weighted by Gasteiger charge is -2.16. The van der Waals surface area contributed by atoms with E-state index in [1.54, 1.807) is 5.92 Å². The van der Waals surface area contributed by atoms with Crippen molar-refractivity contribution >= 4 is 6.21 Å². The van der Waals surface area contributed by atoms with Gasteiger partial charge < -0.3 is 5.32 Å². The Morgan fingerprint density at radius 1 is 1.07 bits per heavy atom. The molecule has 1 N–H and O–H groups in total. The van der Waals surface area contributed by atoms with Crippen LogP contribution in [0.2, 0.25) is 0 Å². The number of hydrogen-bond acceptors (Lipinski definition) is 2. The van der Waals surface area contributed by atoms with Crippen LogP contribution in [0.25, 0.3) is 0 Å². The molecular weight excluding hydrogens is 172 g/mol. The summed E-state index contributed by atoms with van der Waals surface area (Å²) in [6.07, 6.45) is 15.6. The summed E-state index contributed by atoms with van der Waals surface area (Å²) in [5, 5.41) is 3.30. The van der Waals surface area contributed by atoms with Gasteiger partial charge in [0, 0.05) is 30.2 Å². The third kappa shape index (κ3) is 2.47. The van der Waals surface area contributed by atoms with Crippen molar-refractivity contribution in [1.29, 1.82) is 0 Å². The zero-order chi connectivity index (χ0) is 9.64. The molecule has 0 aromatic rings. The molecule has 2 aliphatic rings. The predicted molar refractivity (Wildman–Crippen MR) is 59.8 cm³/mol. The van der Waals surface area contributed by atoms with E-state index in [0.717, 1.165) is 0 Å². The first kappa shape index (κ1) is 9.50. The third-order valence-corrected chi connectivity index (χ3v) is 2.80. The maximum absolute atomic E-state index is 4.20. The maximum Gasteiger partial charge on any atom is 0.0466 e. The number of nitrogens with one attached hydrogen (secondary N) is 1. The lowest BCUT2D eigenvalue weighted by molar-refractivity contribution is 0.702. The molecule has 1 saturated carbocycles. The van der Waals surface area contributed by atoms with E-state index < -0.39 is 0 Å². The quantitative estimate of drug-likeness (QED) is 0.630. The maximum atomic E-state index is 4.20. The van der Waals surface area contributed by atoms with Gasteiger partial charge in [-0.05, 0) is 18.9 Å². The van der Waals surface area contributed by atoms with Crippen molar-refractivity contribution in [2.45, 2.75) is 38.5 Å².